The van der Waals surface area contributed by atoms with Crippen molar-refractivity contribution in [3.05, 3.63) is 83.4 Å². The molecule has 0 aliphatic rings. The first-order valence-electron chi connectivity index (χ1n) is 9.20. The van der Waals surface area contributed by atoms with Gasteiger partial charge in [-0.3, -0.25) is 14.8 Å². The predicted molar refractivity (Wildman–Crippen MR) is 121 cm³/mol. The Bertz CT molecular complexity index is 1350. The fraction of sp³-hybridized carbons (Fsp3) is 0.0909. The minimum atomic E-state index is -3.82. The van der Waals surface area contributed by atoms with Crippen LogP contribution in [0.1, 0.15) is 21.5 Å². The van der Waals surface area contributed by atoms with Crippen LogP contribution in [0.2, 0.25) is 0 Å². The maximum atomic E-state index is 12.9. The van der Waals surface area contributed by atoms with E-state index >= 15 is 0 Å². The molecule has 2 N–H and O–H groups in total. The molecule has 152 valence electrons. The summed E-state index contributed by atoms with van der Waals surface area (Å²) in [6.45, 7) is 4.01. The minimum absolute atomic E-state index is 0.122. The topological polar surface area (TPSA) is 88.2 Å². The normalized spacial score (nSPS) is 11.4. The highest BCUT2D eigenvalue weighted by Gasteiger charge is 2.19. The van der Waals surface area contributed by atoms with Crippen LogP contribution in [0.4, 0.5) is 10.8 Å². The molecule has 0 saturated heterocycles. The number of para-hydroxylation sites is 1. The smallest absolute Gasteiger partial charge is 0.261 e. The number of fused-ring (bicyclic) bond motifs is 1. The number of rotatable bonds is 5. The van der Waals surface area contributed by atoms with Crippen LogP contribution in [0.25, 0.3) is 10.2 Å². The summed E-state index contributed by atoms with van der Waals surface area (Å²) in [5.41, 5.74) is 3.47. The summed E-state index contributed by atoms with van der Waals surface area (Å²) < 4.78 is 28.8. The van der Waals surface area contributed by atoms with Crippen molar-refractivity contribution < 1.29 is 13.2 Å². The van der Waals surface area contributed by atoms with Crippen molar-refractivity contribution >= 4 is 48.3 Å². The third kappa shape index (κ3) is 3.92. The Morgan fingerprint density at radius 3 is 2.40 bits per heavy atom. The number of anilines is 2. The molecule has 0 atom stereocenters. The minimum Gasteiger partial charge on any atom is -0.298 e. The Kier molecular flexibility index (Phi) is 5.27. The van der Waals surface area contributed by atoms with Gasteiger partial charge in [0.25, 0.3) is 15.9 Å². The largest absolute Gasteiger partial charge is 0.298 e. The highest BCUT2D eigenvalue weighted by atomic mass is 32.2. The van der Waals surface area contributed by atoms with Crippen molar-refractivity contribution in [3.8, 4) is 0 Å². The number of thiazole rings is 1. The van der Waals surface area contributed by atoms with Crippen LogP contribution >= 0.6 is 11.3 Å². The number of aryl methyl sites for hydroxylation is 2. The zero-order valence-corrected chi connectivity index (χ0v) is 18.0. The molecule has 4 aromatic rings. The van der Waals surface area contributed by atoms with Gasteiger partial charge >= 0.3 is 0 Å². The number of nitrogens with zero attached hydrogens (tertiary/aromatic N) is 1. The van der Waals surface area contributed by atoms with Gasteiger partial charge < -0.3 is 0 Å². The molecule has 0 saturated carbocycles. The van der Waals surface area contributed by atoms with E-state index in [0.29, 0.717) is 5.13 Å². The molecule has 8 heteroatoms. The van der Waals surface area contributed by atoms with Crippen LogP contribution in [0.15, 0.2) is 71.6 Å². The highest BCUT2D eigenvalue weighted by molar-refractivity contribution is 7.92. The first kappa shape index (κ1) is 20.1. The third-order valence-corrected chi connectivity index (χ3v) is 7.09. The maximum absolute atomic E-state index is 12.9. The molecule has 0 unspecified atom stereocenters. The number of hydrogen-bond donors (Lipinski definition) is 2. The zero-order valence-electron chi connectivity index (χ0n) is 16.3. The van der Waals surface area contributed by atoms with E-state index in [2.05, 4.69) is 15.0 Å². The highest BCUT2D eigenvalue weighted by Crippen LogP contribution is 2.30. The standard InChI is InChI=1S/C22H19N3O3S2/c1-14-12-13-19-20(15(14)2)23-22(29-19)24-21(26)17-10-6-7-11-18(17)25-30(27,28)16-8-4-3-5-9-16/h3-13,25H,1-2H3,(H,23,24,26). The van der Waals surface area contributed by atoms with Gasteiger partial charge in [0.1, 0.15) is 0 Å². The molecule has 0 radical (unpaired) electrons. The van der Waals surface area contributed by atoms with Crippen LogP contribution in [-0.2, 0) is 10.0 Å². The molecule has 4 rings (SSSR count). The molecule has 3 aromatic carbocycles. The van der Waals surface area contributed by atoms with Crippen LogP contribution in [0, 0.1) is 13.8 Å². The average molecular weight is 438 g/mol. The fourth-order valence-electron chi connectivity index (χ4n) is 3.02. The molecule has 6 nitrogen and oxygen atoms in total. The lowest BCUT2D eigenvalue weighted by Crippen LogP contribution is -2.18. The van der Waals surface area contributed by atoms with E-state index in [1.165, 1.54) is 23.5 Å². The van der Waals surface area contributed by atoms with E-state index in [1.807, 2.05) is 26.0 Å². The Hall–Kier alpha value is -3.23. The van der Waals surface area contributed by atoms with Crippen molar-refractivity contribution in [2.75, 3.05) is 10.0 Å². The van der Waals surface area contributed by atoms with Gasteiger partial charge in [0, 0.05) is 0 Å². The van der Waals surface area contributed by atoms with E-state index < -0.39 is 15.9 Å². The summed E-state index contributed by atoms with van der Waals surface area (Å²) >= 11 is 1.38. The number of carbonyl (C=O) groups is 1. The molecular formula is C22H19N3O3S2. The van der Waals surface area contributed by atoms with Crippen molar-refractivity contribution in [1.82, 2.24) is 4.98 Å². The van der Waals surface area contributed by atoms with Gasteiger partial charge in [-0.25, -0.2) is 13.4 Å². The second kappa shape index (κ2) is 7.89. The monoisotopic (exact) mass is 437 g/mol. The molecule has 0 bridgehead atoms. The van der Waals surface area contributed by atoms with Gasteiger partial charge in [-0.2, -0.15) is 0 Å². The summed E-state index contributed by atoms with van der Waals surface area (Å²) in [7, 11) is -3.82. The van der Waals surface area contributed by atoms with Crippen LogP contribution in [0.3, 0.4) is 0 Å². The number of benzene rings is 3. The number of sulfonamides is 1. The molecule has 0 spiro atoms. The molecular weight excluding hydrogens is 418 g/mol. The van der Waals surface area contributed by atoms with Gasteiger partial charge in [-0.1, -0.05) is 47.7 Å². The summed E-state index contributed by atoms with van der Waals surface area (Å²) in [6.07, 6.45) is 0. The lowest BCUT2D eigenvalue weighted by atomic mass is 10.1. The molecule has 1 heterocycles. The molecule has 1 aromatic heterocycles. The van der Waals surface area contributed by atoms with Gasteiger partial charge in [-0.15, -0.1) is 0 Å². The fourth-order valence-corrected chi connectivity index (χ4v) is 5.04. The SMILES string of the molecule is Cc1ccc2sc(NC(=O)c3ccccc3NS(=O)(=O)c3ccccc3)nc2c1C. The van der Waals surface area contributed by atoms with Gasteiger partial charge in [0.2, 0.25) is 0 Å². The lowest BCUT2D eigenvalue weighted by molar-refractivity contribution is 0.102. The van der Waals surface area contributed by atoms with E-state index in [9.17, 15) is 13.2 Å². The number of amides is 1. The number of aromatic nitrogens is 1. The third-order valence-electron chi connectivity index (χ3n) is 4.77. The van der Waals surface area contributed by atoms with Crippen molar-refractivity contribution in [2.45, 2.75) is 18.7 Å². The average Bonchev–Trinajstić information content (AvgIpc) is 3.15. The van der Waals surface area contributed by atoms with E-state index in [-0.39, 0.29) is 16.1 Å². The molecule has 30 heavy (non-hydrogen) atoms. The summed E-state index contributed by atoms with van der Waals surface area (Å²) in [6, 6.07) is 18.5. The van der Waals surface area contributed by atoms with Gasteiger partial charge in [-0.05, 0) is 55.3 Å². The van der Waals surface area contributed by atoms with E-state index in [1.54, 1.807) is 42.5 Å². The lowest BCUT2D eigenvalue weighted by Gasteiger charge is -2.12. The summed E-state index contributed by atoms with van der Waals surface area (Å²) in [5, 5.41) is 3.26. The Balaban J connectivity index is 1.62. The summed E-state index contributed by atoms with van der Waals surface area (Å²) in [4.78, 5) is 17.6. The van der Waals surface area contributed by atoms with Crippen molar-refractivity contribution in [3.63, 3.8) is 0 Å². The first-order chi connectivity index (χ1) is 14.3. The first-order valence-corrected chi connectivity index (χ1v) is 11.5. The van der Waals surface area contributed by atoms with Gasteiger partial charge in [0.15, 0.2) is 5.13 Å². The van der Waals surface area contributed by atoms with Crippen LogP contribution < -0.4 is 10.0 Å². The quantitative estimate of drug-likeness (QED) is 0.462. The van der Waals surface area contributed by atoms with Crippen LogP contribution in [0.5, 0.6) is 0 Å². The molecule has 0 aliphatic carbocycles. The molecule has 0 aliphatic heterocycles. The van der Waals surface area contributed by atoms with Crippen molar-refractivity contribution in [2.24, 2.45) is 0 Å². The molecule has 1 amide bonds. The number of hydrogen-bond acceptors (Lipinski definition) is 5. The Morgan fingerprint density at radius 2 is 1.63 bits per heavy atom. The molecule has 0 fully saturated rings. The van der Waals surface area contributed by atoms with E-state index in [4.69, 9.17) is 0 Å². The predicted octanol–water partition coefficient (Wildman–Crippen LogP) is 4.97. The Morgan fingerprint density at radius 1 is 0.933 bits per heavy atom. The zero-order chi connectivity index (χ0) is 21.3. The summed E-state index contributed by atoms with van der Waals surface area (Å²) in [5.74, 6) is -0.435. The Labute approximate surface area is 178 Å². The maximum Gasteiger partial charge on any atom is 0.261 e. The number of carbonyl (C=O) groups excluding carboxylic acids is 1. The number of nitrogens with one attached hydrogen (secondary N) is 2. The van der Waals surface area contributed by atoms with Crippen molar-refractivity contribution in [1.29, 1.82) is 0 Å². The van der Waals surface area contributed by atoms with Gasteiger partial charge in [0.05, 0.1) is 26.4 Å². The second-order valence-electron chi connectivity index (χ2n) is 6.79. The van der Waals surface area contributed by atoms with Crippen LogP contribution in [-0.4, -0.2) is 19.3 Å². The second-order valence-corrected chi connectivity index (χ2v) is 9.50. The van der Waals surface area contributed by atoms with E-state index in [0.717, 1.165) is 21.3 Å².